The van der Waals surface area contributed by atoms with Gasteiger partial charge in [0, 0.05) is 12.8 Å². The third kappa shape index (κ3) is 55.1. The highest BCUT2D eigenvalue weighted by Gasteiger charge is 2.22. The molecule has 0 aromatic heterocycles. The standard InChI is InChI=1S/C62H115NO8/c1-6-8-10-12-14-16-18-20-21-22-23-24-25-26-27-28-29-30-31-32-33-34-35-36-37-38-39-41-42-44-46-48-50-52-59(64)69-56-58(57-70-62(61(66)67)68-55-54-63(3,4)5)71-60(65)53-51-49-47-45-43-40-19-17-15-13-11-9-7-2/h9,11,15,17,40,43,58,62H,6-8,10,12-14,16,18-39,41-42,44-57H2,1-5H3/b11-9-,17-15-,43-40-. The van der Waals surface area contributed by atoms with Gasteiger partial charge in [0.05, 0.1) is 40.3 Å². The Kier molecular flexibility index (Phi) is 51.9. The molecule has 0 aliphatic carbocycles. The lowest BCUT2D eigenvalue weighted by Gasteiger charge is -2.26. The molecule has 0 N–H and O–H groups in total. The van der Waals surface area contributed by atoms with Crippen LogP contribution in [0.4, 0.5) is 0 Å². The summed E-state index contributed by atoms with van der Waals surface area (Å²) < 4.78 is 22.6. The Labute approximate surface area is 439 Å². The first kappa shape index (κ1) is 68.5. The maximum atomic E-state index is 12.8. The zero-order valence-electron chi connectivity index (χ0n) is 47.4. The van der Waals surface area contributed by atoms with Gasteiger partial charge in [-0.3, -0.25) is 9.59 Å². The molecule has 0 aliphatic heterocycles. The van der Waals surface area contributed by atoms with Gasteiger partial charge in [0.2, 0.25) is 0 Å². The monoisotopic (exact) mass is 1000 g/mol. The second-order valence-corrected chi connectivity index (χ2v) is 21.6. The fourth-order valence-electron chi connectivity index (χ4n) is 8.79. The van der Waals surface area contributed by atoms with Crippen LogP contribution in [0.3, 0.4) is 0 Å². The van der Waals surface area contributed by atoms with Crippen molar-refractivity contribution in [2.45, 2.75) is 296 Å². The molecule has 0 spiro atoms. The number of rotatable bonds is 56. The number of unbranched alkanes of at least 4 members (excludes halogenated alkanes) is 35. The Morgan fingerprint density at radius 3 is 1.20 bits per heavy atom. The summed E-state index contributed by atoms with van der Waals surface area (Å²) in [5.41, 5.74) is 0. The minimum atomic E-state index is -1.63. The third-order valence-corrected chi connectivity index (χ3v) is 13.4. The topological polar surface area (TPSA) is 111 Å². The quantitative estimate of drug-likeness (QED) is 0.0195. The number of carbonyl (C=O) groups excluding carboxylic acids is 3. The molecule has 71 heavy (non-hydrogen) atoms. The van der Waals surface area contributed by atoms with Crippen LogP contribution < -0.4 is 5.11 Å². The molecule has 0 aromatic carbocycles. The van der Waals surface area contributed by atoms with E-state index in [0.717, 1.165) is 57.8 Å². The van der Waals surface area contributed by atoms with E-state index in [1.54, 1.807) is 0 Å². The van der Waals surface area contributed by atoms with Crippen molar-refractivity contribution in [2.75, 3.05) is 47.5 Å². The lowest BCUT2D eigenvalue weighted by atomic mass is 10.0. The first-order valence-electron chi connectivity index (χ1n) is 30.1. The normalized spacial score (nSPS) is 13.0. The molecule has 9 heteroatoms. The second-order valence-electron chi connectivity index (χ2n) is 21.6. The molecule has 0 saturated heterocycles. The zero-order chi connectivity index (χ0) is 52.0. The van der Waals surface area contributed by atoms with Crippen LogP contribution in [0, 0.1) is 0 Å². The van der Waals surface area contributed by atoms with E-state index in [1.165, 1.54) is 193 Å². The van der Waals surface area contributed by atoms with Crippen molar-refractivity contribution in [3.8, 4) is 0 Å². The smallest absolute Gasteiger partial charge is 0.306 e. The number of carboxylic acids is 1. The van der Waals surface area contributed by atoms with E-state index in [1.807, 2.05) is 21.1 Å². The van der Waals surface area contributed by atoms with E-state index in [-0.39, 0.29) is 38.6 Å². The summed E-state index contributed by atoms with van der Waals surface area (Å²) in [7, 11) is 5.91. The maximum Gasteiger partial charge on any atom is 0.306 e. The molecule has 0 saturated carbocycles. The maximum absolute atomic E-state index is 12.8. The molecule has 2 unspecified atom stereocenters. The van der Waals surface area contributed by atoms with Crippen molar-refractivity contribution in [2.24, 2.45) is 0 Å². The SMILES string of the molecule is CC/C=C\C/C=C\C/C=C\CCCCCC(=O)OC(COC(=O)CCCCCCCCCCCCCCCCCCCCCCCCCCCCCCCCCCC)COC(OCC[N+](C)(C)C)C(=O)[O-]. The summed E-state index contributed by atoms with van der Waals surface area (Å²) in [5, 5.41) is 11.7. The molecule has 0 amide bonds. The van der Waals surface area contributed by atoms with Gasteiger partial charge >= 0.3 is 11.9 Å². The lowest BCUT2D eigenvalue weighted by molar-refractivity contribution is -0.870. The Morgan fingerprint density at radius 2 is 0.803 bits per heavy atom. The Bertz CT molecular complexity index is 1260. The van der Waals surface area contributed by atoms with Gasteiger partial charge in [-0.25, -0.2) is 0 Å². The molecule has 2 atom stereocenters. The van der Waals surface area contributed by atoms with E-state index >= 15 is 0 Å². The van der Waals surface area contributed by atoms with Gasteiger partial charge in [-0.1, -0.05) is 262 Å². The first-order valence-corrected chi connectivity index (χ1v) is 30.1. The van der Waals surface area contributed by atoms with Crippen LogP contribution in [0.15, 0.2) is 36.5 Å². The fraction of sp³-hybridized carbons (Fsp3) is 0.855. The predicted octanol–water partition coefficient (Wildman–Crippen LogP) is 16.3. The van der Waals surface area contributed by atoms with Crippen LogP contribution in [0.2, 0.25) is 0 Å². The summed E-state index contributed by atoms with van der Waals surface area (Å²) in [6.07, 6.45) is 62.4. The number of hydrogen-bond donors (Lipinski definition) is 0. The van der Waals surface area contributed by atoms with E-state index < -0.39 is 24.3 Å². The summed E-state index contributed by atoms with van der Waals surface area (Å²) in [5.74, 6) is -2.31. The van der Waals surface area contributed by atoms with Gasteiger partial charge in [0.1, 0.15) is 13.2 Å². The summed E-state index contributed by atoms with van der Waals surface area (Å²) in [6.45, 7) is 4.63. The predicted molar refractivity (Wildman–Crippen MR) is 297 cm³/mol. The summed E-state index contributed by atoms with van der Waals surface area (Å²) >= 11 is 0. The second kappa shape index (κ2) is 53.8. The van der Waals surface area contributed by atoms with Crippen LogP contribution in [0.1, 0.15) is 284 Å². The number of likely N-dealkylation sites (N-methyl/N-ethyl adjacent to an activating group) is 1. The van der Waals surface area contributed by atoms with Gasteiger partial charge in [0.15, 0.2) is 12.4 Å². The van der Waals surface area contributed by atoms with E-state index in [9.17, 15) is 19.5 Å². The van der Waals surface area contributed by atoms with Gasteiger partial charge in [0.25, 0.3) is 0 Å². The molecule has 0 aromatic rings. The summed E-state index contributed by atoms with van der Waals surface area (Å²) in [4.78, 5) is 37.2. The molecule has 9 nitrogen and oxygen atoms in total. The Morgan fingerprint density at radius 1 is 0.437 bits per heavy atom. The van der Waals surface area contributed by atoms with Gasteiger partial charge < -0.3 is 33.3 Å². The summed E-state index contributed by atoms with van der Waals surface area (Å²) in [6, 6.07) is 0. The van der Waals surface area contributed by atoms with Gasteiger partial charge in [-0.15, -0.1) is 0 Å². The molecule has 416 valence electrons. The van der Waals surface area contributed by atoms with Crippen LogP contribution in [0.25, 0.3) is 0 Å². The number of esters is 2. The number of hydrogen-bond acceptors (Lipinski definition) is 8. The fourth-order valence-corrected chi connectivity index (χ4v) is 8.79. The van der Waals surface area contributed by atoms with Gasteiger partial charge in [-0.05, 0) is 44.9 Å². The van der Waals surface area contributed by atoms with Crippen LogP contribution in [0.5, 0.6) is 0 Å². The molecular weight excluding hydrogens is 887 g/mol. The molecule has 0 rings (SSSR count). The van der Waals surface area contributed by atoms with Gasteiger partial charge in [-0.2, -0.15) is 0 Å². The molecule has 0 bridgehead atoms. The average molecular weight is 1000 g/mol. The number of carboxylic acid groups (broad SMARTS) is 1. The van der Waals surface area contributed by atoms with E-state index in [4.69, 9.17) is 18.9 Å². The molecule has 0 radical (unpaired) electrons. The minimum absolute atomic E-state index is 0.143. The number of aliphatic carboxylic acids is 1. The molecule has 0 fully saturated rings. The van der Waals surface area contributed by atoms with Crippen molar-refractivity contribution in [3.05, 3.63) is 36.5 Å². The third-order valence-electron chi connectivity index (χ3n) is 13.4. The lowest BCUT2D eigenvalue weighted by Crippen LogP contribution is -2.44. The van der Waals surface area contributed by atoms with Crippen molar-refractivity contribution in [3.63, 3.8) is 0 Å². The number of carbonyl (C=O) groups is 3. The molecule has 0 heterocycles. The number of ether oxygens (including phenoxy) is 4. The molecular formula is C62H115NO8. The highest BCUT2D eigenvalue weighted by atomic mass is 16.7. The Hall–Kier alpha value is -2.49. The van der Waals surface area contributed by atoms with Crippen LogP contribution in [-0.4, -0.2) is 82.3 Å². The highest BCUT2D eigenvalue weighted by Crippen LogP contribution is 2.18. The minimum Gasteiger partial charge on any atom is -0.545 e. The number of allylic oxidation sites excluding steroid dienone is 6. The van der Waals surface area contributed by atoms with Crippen LogP contribution in [-0.2, 0) is 33.3 Å². The Balaban J connectivity index is 4.00. The van der Waals surface area contributed by atoms with E-state index in [0.29, 0.717) is 17.4 Å². The van der Waals surface area contributed by atoms with E-state index in [2.05, 4.69) is 50.3 Å². The average Bonchev–Trinajstić information content (AvgIpc) is 3.34. The van der Waals surface area contributed by atoms with Crippen molar-refractivity contribution in [1.82, 2.24) is 0 Å². The zero-order valence-corrected chi connectivity index (χ0v) is 47.4. The van der Waals surface area contributed by atoms with Crippen molar-refractivity contribution in [1.29, 1.82) is 0 Å². The van der Waals surface area contributed by atoms with Crippen molar-refractivity contribution >= 4 is 17.9 Å². The van der Waals surface area contributed by atoms with Crippen LogP contribution >= 0.6 is 0 Å². The molecule has 0 aliphatic rings. The number of quaternary nitrogens is 1. The largest absolute Gasteiger partial charge is 0.545 e. The highest BCUT2D eigenvalue weighted by molar-refractivity contribution is 5.70. The number of nitrogens with zero attached hydrogens (tertiary/aromatic N) is 1. The first-order chi connectivity index (χ1) is 34.6. The van der Waals surface area contributed by atoms with Crippen molar-refractivity contribution < 1.29 is 42.9 Å².